The summed E-state index contributed by atoms with van der Waals surface area (Å²) in [5, 5.41) is -0.127. The monoisotopic (exact) mass is 478 g/mol. The number of benzene rings is 2. The molecule has 0 fully saturated rings. The molecule has 34 heavy (non-hydrogen) atoms. The highest BCUT2D eigenvalue weighted by Crippen LogP contribution is 2.39. The Morgan fingerprint density at radius 3 is 2.35 bits per heavy atom. The van der Waals surface area contributed by atoms with E-state index in [1.54, 1.807) is 13.8 Å². The molecule has 9 heteroatoms. The van der Waals surface area contributed by atoms with Crippen LogP contribution in [0.3, 0.4) is 0 Å². The Kier molecular flexibility index (Phi) is 7.54. The fraction of sp³-hybridized carbons (Fsp3) is 0.360. The molecular formula is C25H25F3O6. The van der Waals surface area contributed by atoms with E-state index in [0.717, 1.165) is 23.6 Å². The third-order valence-corrected chi connectivity index (χ3v) is 4.88. The minimum Gasteiger partial charge on any atom is -0.479 e. The Labute approximate surface area is 194 Å². The Hall–Kier alpha value is -3.49. The smallest absolute Gasteiger partial charge is 0.453 e. The van der Waals surface area contributed by atoms with Crippen molar-refractivity contribution in [3.63, 3.8) is 0 Å². The van der Waals surface area contributed by atoms with E-state index in [-0.39, 0.29) is 29.1 Å². The van der Waals surface area contributed by atoms with Crippen molar-refractivity contribution in [2.45, 2.75) is 52.8 Å². The Bertz CT molecular complexity index is 1230. The molecule has 182 valence electrons. The van der Waals surface area contributed by atoms with E-state index >= 15 is 0 Å². The third kappa shape index (κ3) is 5.89. The molecule has 3 rings (SSSR count). The van der Waals surface area contributed by atoms with E-state index in [2.05, 4.69) is 0 Å². The van der Waals surface area contributed by atoms with Crippen LogP contribution in [0.4, 0.5) is 13.2 Å². The average Bonchev–Trinajstić information content (AvgIpc) is 2.74. The van der Waals surface area contributed by atoms with Crippen LogP contribution in [0.1, 0.15) is 43.6 Å². The van der Waals surface area contributed by atoms with Crippen LogP contribution in [0.25, 0.3) is 11.0 Å². The first-order chi connectivity index (χ1) is 16.0. The minimum atomic E-state index is -4.99. The number of fused-ring (bicyclic) bond motifs is 1. The lowest BCUT2D eigenvalue weighted by molar-refractivity contribution is -0.154. The number of alkyl halides is 3. The predicted molar refractivity (Wildman–Crippen MR) is 119 cm³/mol. The van der Waals surface area contributed by atoms with Crippen LogP contribution in [0.5, 0.6) is 17.2 Å². The zero-order valence-electron chi connectivity index (χ0n) is 19.2. The fourth-order valence-corrected chi connectivity index (χ4v) is 3.31. The zero-order chi connectivity index (χ0) is 25.0. The molecule has 6 nitrogen and oxygen atoms in total. The number of esters is 1. The Morgan fingerprint density at radius 2 is 1.74 bits per heavy atom. The van der Waals surface area contributed by atoms with E-state index in [4.69, 9.17) is 18.6 Å². The second kappa shape index (κ2) is 10.2. The molecule has 1 atom stereocenters. The van der Waals surface area contributed by atoms with E-state index in [1.807, 2.05) is 13.0 Å². The number of carbonyl (C=O) groups is 1. The standard InChI is InChI=1S/C25H25F3O6/c1-5-6-9-31-24(30)16(4)32-17-7-8-19-20(13-17)34-23(25(26,27)28)22(21(19)29)33-18-11-14(2)10-15(3)12-18/h7-8,10-13,16H,5-6,9H2,1-4H3/t16-/m1/s1. The summed E-state index contributed by atoms with van der Waals surface area (Å²) in [4.78, 5) is 25.0. The lowest BCUT2D eigenvalue weighted by Crippen LogP contribution is -2.26. The summed E-state index contributed by atoms with van der Waals surface area (Å²) >= 11 is 0. The summed E-state index contributed by atoms with van der Waals surface area (Å²) in [6, 6.07) is 8.62. The van der Waals surface area contributed by atoms with Gasteiger partial charge in [0.2, 0.25) is 11.2 Å². The van der Waals surface area contributed by atoms with Gasteiger partial charge in [0, 0.05) is 6.07 Å². The van der Waals surface area contributed by atoms with Gasteiger partial charge in [0.1, 0.15) is 17.1 Å². The van der Waals surface area contributed by atoms with Crippen LogP contribution in [0.2, 0.25) is 0 Å². The largest absolute Gasteiger partial charge is 0.479 e. The first-order valence-electron chi connectivity index (χ1n) is 10.8. The van der Waals surface area contributed by atoms with Gasteiger partial charge in [-0.3, -0.25) is 4.79 Å². The molecule has 0 saturated heterocycles. The first-order valence-corrected chi connectivity index (χ1v) is 10.8. The molecule has 1 heterocycles. The van der Waals surface area contributed by atoms with Crippen molar-refractivity contribution in [2.75, 3.05) is 6.61 Å². The van der Waals surface area contributed by atoms with Crippen molar-refractivity contribution in [3.05, 3.63) is 63.5 Å². The highest BCUT2D eigenvalue weighted by Gasteiger charge is 2.40. The van der Waals surface area contributed by atoms with Gasteiger partial charge in [-0.2, -0.15) is 13.2 Å². The van der Waals surface area contributed by atoms with Crippen LogP contribution in [-0.4, -0.2) is 18.7 Å². The molecule has 3 aromatic rings. The van der Waals surface area contributed by atoms with Gasteiger partial charge >= 0.3 is 12.1 Å². The first kappa shape index (κ1) is 25.1. The van der Waals surface area contributed by atoms with Crippen molar-refractivity contribution in [1.29, 1.82) is 0 Å². The maximum Gasteiger partial charge on any atom is 0.453 e. The van der Waals surface area contributed by atoms with Crippen LogP contribution < -0.4 is 14.9 Å². The van der Waals surface area contributed by atoms with Gasteiger partial charge in [-0.1, -0.05) is 19.4 Å². The van der Waals surface area contributed by atoms with Crippen LogP contribution >= 0.6 is 0 Å². The molecule has 0 aliphatic heterocycles. The van der Waals surface area contributed by atoms with Gasteiger partial charge in [0.15, 0.2) is 6.10 Å². The molecular weight excluding hydrogens is 453 g/mol. The highest BCUT2D eigenvalue weighted by atomic mass is 19.4. The molecule has 0 aliphatic rings. The highest BCUT2D eigenvalue weighted by molar-refractivity contribution is 5.80. The second-order valence-corrected chi connectivity index (χ2v) is 7.95. The molecule has 0 saturated carbocycles. The molecule has 2 aromatic carbocycles. The number of hydrogen-bond acceptors (Lipinski definition) is 6. The van der Waals surface area contributed by atoms with E-state index in [0.29, 0.717) is 6.42 Å². The Morgan fingerprint density at radius 1 is 1.06 bits per heavy atom. The van der Waals surface area contributed by atoms with E-state index < -0.39 is 35.2 Å². The topological polar surface area (TPSA) is 75.0 Å². The molecule has 0 N–H and O–H groups in total. The van der Waals surface area contributed by atoms with Crippen molar-refractivity contribution < 1.29 is 36.6 Å². The summed E-state index contributed by atoms with van der Waals surface area (Å²) in [5.41, 5.74) is 0.191. The summed E-state index contributed by atoms with van der Waals surface area (Å²) in [6.07, 6.45) is -4.44. The number of aryl methyl sites for hydroxylation is 2. The number of carbonyl (C=O) groups excluding carboxylic acids is 1. The number of halogens is 3. The minimum absolute atomic E-state index is 0.0479. The lowest BCUT2D eigenvalue weighted by atomic mass is 10.1. The normalized spacial score (nSPS) is 12.4. The van der Waals surface area contributed by atoms with Crippen molar-refractivity contribution in [1.82, 2.24) is 0 Å². The van der Waals surface area contributed by atoms with Gasteiger partial charge < -0.3 is 18.6 Å². The van der Waals surface area contributed by atoms with Crippen molar-refractivity contribution in [3.8, 4) is 17.2 Å². The van der Waals surface area contributed by atoms with E-state index in [1.165, 1.54) is 31.2 Å². The molecule has 0 aliphatic carbocycles. The van der Waals surface area contributed by atoms with Gasteiger partial charge in [-0.25, -0.2) is 4.79 Å². The molecule has 0 radical (unpaired) electrons. The predicted octanol–water partition coefficient (Wildman–Crippen LogP) is 6.33. The Balaban J connectivity index is 1.98. The van der Waals surface area contributed by atoms with E-state index in [9.17, 15) is 22.8 Å². The average molecular weight is 478 g/mol. The number of hydrogen-bond donors (Lipinski definition) is 0. The van der Waals surface area contributed by atoms with Gasteiger partial charge in [-0.05, 0) is 62.6 Å². The molecule has 0 spiro atoms. The molecule has 0 amide bonds. The number of unbranched alkanes of at least 4 members (excludes halogenated alkanes) is 1. The quantitative estimate of drug-likeness (QED) is 0.278. The molecule has 0 unspecified atom stereocenters. The maximum atomic E-state index is 13.8. The van der Waals surface area contributed by atoms with Crippen molar-refractivity contribution >= 4 is 16.9 Å². The van der Waals surface area contributed by atoms with Crippen molar-refractivity contribution in [2.24, 2.45) is 0 Å². The molecule has 0 bridgehead atoms. The summed E-state index contributed by atoms with van der Waals surface area (Å²) < 4.78 is 62.4. The second-order valence-electron chi connectivity index (χ2n) is 7.95. The lowest BCUT2D eigenvalue weighted by Gasteiger charge is -2.16. The number of rotatable bonds is 8. The SMILES string of the molecule is CCCCOC(=O)[C@@H](C)Oc1ccc2c(=O)c(Oc3cc(C)cc(C)c3)c(C(F)(F)F)oc2c1. The van der Waals surface area contributed by atoms with Gasteiger partial charge in [0.05, 0.1) is 12.0 Å². The summed E-state index contributed by atoms with van der Waals surface area (Å²) in [7, 11) is 0. The summed E-state index contributed by atoms with van der Waals surface area (Å²) in [6.45, 7) is 7.17. The fourth-order valence-electron chi connectivity index (χ4n) is 3.31. The molecule has 1 aromatic heterocycles. The van der Waals surface area contributed by atoms with Gasteiger partial charge in [-0.15, -0.1) is 0 Å². The zero-order valence-corrected chi connectivity index (χ0v) is 19.2. The summed E-state index contributed by atoms with van der Waals surface area (Å²) in [5.74, 6) is -2.99. The maximum absolute atomic E-state index is 13.8. The number of ether oxygens (including phenoxy) is 3. The third-order valence-electron chi connectivity index (χ3n) is 4.88. The van der Waals surface area contributed by atoms with Crippen LogP contribution in [0.15, 0.2) is 45.6 Å². The van der Waals surface area contributed by atoms with Crippen LogP contribution in [-0.2, 0) is 15.7 Å². The van der Waals surface area contributed by atoms with Gasteiger partial charge in [0.25, 0.3) is 5.76 Å². The van der Waals surface area contributed by atoms with Crippen LogP contribution in [0, 0.1) is 13.8 Å².